The monoisotopic (exact) mass is 419 g/mol. The second-order valence-corrected chi connectivity index (χ2v) is 7.14. The summed E-state index contributed by atoms with van der Waals surface area (Å²) in [6, 6.07) is 25.1. The summed E-state index contributed by atoms with van der Waals surface area (Å²) in [4.78, 5) is 15.4. The second-order valence-electron chi connectivity index (χ2n) is 7.14. The van der Waals surface area contributed by atoms with Gasteiger partial charge in [0, 0.05) is 24.7 Å². The Kier molecular flexibility index (Phi) is 8.07. The van der Waals surface area contributed by atoms with Gasteiger partial charge in [-0.05, 0) is 30.2 Å². The average Bonchev–Trinajstić information content (AvgIpc) is 2.81. The lowest BCUT2D eigenvalue weighted by atomic mass is 10.0. The van der Waals surface area contributed by atoms with Crippen LogP contribution in [0.15, 0.2) is 78.9 Å². The normalized spacial score (nSPS) is 11.7. The first-order chi connectivity index (χ1) is 15.2. The molecule has 0 aliphatic heterocycles. The Morgan fingerprint density at radius 1 is 0.839 bits per heavy atom. The van der Waals surface area contributed by atoms with Crippen LogP contribution in [0, 0.1) is 0 Å². The molecule has 3 rings (SSSR count). The molecule has 0 aromatic heterocycles. The molecular weight excluding hydrogens is 390 g/mol. The number of ether oxygens (including phenoxy) is 3. The van der Waals surface area contributed by atoms with Crippen molar-refractivity contribution in [2.24, 2.45) is 0 Å². The summed E-state index contributed by atoms with van der Waals surface area (Å²) < 4.78 is 16.5. The molecule has 0 heterocycles. The molecule has 0 amide bonds. The van der Waals surface area contributed by atoms with E-state index in [1.807, 2.05) is 55.5 Å². The third-order valence-electron chi connectivity index (χ3n) is 5.07. The first-order valence-corrected chi connectivity index (χ1v) is 10.4. The maximum Gasteiger partial charge on any atom is 0.328 e. The van der Waals surface area contributed by atoms with Gasteiger partial charge in [-0.25, -0.2) is 4.79 Å². The molecule has 31 heavy (non-hydrogen) atoms. The molecule has 0 saturated heterocycles. The Balaban J connectivity index is 2.07. The van der Waals surface area contributed by atoms with Crippen molar-refractivity contribution in [1.29, 1.82) is 0 Å². The Morgan fingerprint density at radius 2 is 1.42 bits per heavy atom. The van der Waals surface area contributed by atoms with Crippen molar-refractivity contribution in [1.82, 2.24) is 4.90 Å². The van der Waals surface area contributed by atoms with Crippen LogP contribution in [0.4, 0.5) is 0 Å². The zero-order chi connectivity index (χ0) is 22.1. The molecule has 5 heteroatoms. The zero-order valence-corrected chi connectivity index (χ0v) is 18.3. The summed E-state index contributed by atoms with van der Waals surface area (Å²) in [5.74, 6) is 0.947. The van der Waals surface area contributed by atoms with E-state index in [0.717, 1.165) is 16.7 Å². The van der Waals surface area contributed by atoms with E-state index in [9.17, 15) is 4.79 Å². The molecule has 3 aromatic rings. The number of hydrogen-bond donors (Lipinski definition) is 0. The van der Waals surface area contributed by atoms with Gasteiger partial charge >= 0.3 is 5.97 Å². The van der Waals surface area contributed by atoms with E-state index in [2.05, 4.69) is 29.2 Å². The van der Waals surface area contributed by atoms with Crippen LogP contribution in [0.25, 0.3) is 0 Å². The van der Waals surface area contributed by atoms with Gasteiger partial charge in [-0.1, -0.05) is 60.7 Å². The Morgan fingerprint density at radius 3 is 1.90 bits per heavy atom. The molecule has 0 radical (unpaired) electrons. The average molecular weight is 420 g/mol. The first kappa shape index (κ1) is 22.4. The molecule has 0 fully saturated rings. The molecule has 0 bridgehead atoms. The molecule has 0 aliphatic rings. The van der Waals surface area contributed by atoms with Gasteiger partial charge in [0.05, 0.1) is 20.8 Å². The molecule has 0 saturated carbocycles. The van der Waals surface area contributed by atoms with E-state index in [1.165, 1.54) is 0 Å². The fourth-order valence-electron chi connectivity index (χ4n) is 3.61. The summed E-state index contributed by atoms with van der Waals surface area (Å²) in [5, 5.41) is 0. The number of benzene rings is 3. The minimum Gasteiger partial charge on any atom is -0.497 e. The lowest BCUT2D eigenvalue weighted by molar-refractivity contribution is -0.150. The van der Waals surface area contributed by atoms with Crippen LogP contribution in [0.1, 0.15) is 29.7 Å². The van der Waals surface area contributed by atoms with Crippen LogP contribution in [-0.2, 0) is 22.6 Å². The Bertz CT molecular complexity index is 918. The molecule has 3 aromatic carbocycles. The fraction of sp³-hybridized carbons (Fsp3) is 0.269. The molecule has 1 unspecified atom stereocenters. The third kappa shape index (κ3) is 5.86. The summed E-state index contributed by atoms with van der Waals surface area (Å²) >= 11 is 0. The number of carbonyl (C=O) groups is 1. The summed E-state index contributed by atoms with van der Waals surface area (Å²) in [7, 11) is 3.20. The smallest absolute Gasteiger partial charge is 0.328 e. The molecule has 0 spiro atoms. The standard InChI is InChI=1S/C26H29NO4/c1-4-31-26(28)25(23-16-15-22(29-2)17-24(23)30-3)27(18-20-11-7-5-8-12-20)19-21-13-9-6-10-14-21/h5-17,25H,4,18-19H2,1-3H3. The Labute approximate surface area is 184 Å². The number of nitrogens with zero attached hydrogens (tertiary/aromatic N) is 1. The van der Waals surface area contributed by atoms with Crippen molar-refractivity contribution in [2.75, 3.05) is 20.8 Å². The number of esters is 1. The van der Waals surface area contributed by atoms with Crippen molar-refractivity contribution < 1.29 is 19.0 Å². The number of hydrogen-bond acceptors (Lipinski definition) is 5. The predicted molar refractivity (Wildman–Crippen MR) is 121 cm³/mol. The highest BCUT2D eigenvalue weighted by Gasteiger charge is 2.32. The maximum absolute atomic E-state index is 13.2. The first-order valence-electron chi connectivity index (χ1n) is 10.4. The van der Waals surface area contributed by atoms with Crippen LogP contribution in [0.2, 0.25) is 0 Å². The molecule has 5 nitrogen and oxygen atoms in total. The second kappa shape index (κ2) is 11.2. The summed E-state index contributed by atoms with van der Waals surface area (Å²) in [6.07, 6.45) is 0. The number of methoxy groups -OCH3 is 2. The Hall–Kier alpha value is -3.31. The van der Waals surface area contributed by atoms with Crippen LogP contribution in [-0.4, -0.2) is 31.7 Å². The van der Waals surface area contributed by atoms with Gasteiger partial charge in [0.1, 0.15) is 17.5 Å². The highest BCUT2D eigenvalue weighted by atomic mass is 16.5. The fourth-order valence-corrected chi connectivity index (χ4v) is 3.61. The molecule has 162 valence electrons. The number of rotatable bonds is 10. The molecular formula is C26H29NO4. The summed E-state index contributed by atoms with van der Waals surface area (Å²) in [6.45, 7) is 3.28. The largest absolute Gasteiger partial charge is 0.497 e. The third-order valence-corrected chi connectivity index (χ3v) is 5.07. The van der Waals surface area contributed by atoms with Gasteiger partial charge in [0.15, 0.2) is 0 Å². The molecule has 0 N–H and O–H groups in total. The van der Waals surface area contributed by atoms with Crippen LogP contribution >= 0.6 is 0 Å². The van der Waals surface area contributed by atoms with E-state index in [4.69, 9.17) is 14.2 Å². The van der Waals surface area contributed by atoms with Gasteiger partial charge in [-0.2, -0.15) is 0 Å². The van der Waals surface area contributed by atoms with Crippen LogP contribution < -0.4 is 9.47 Å². The minimum absolute atomic E-state index is 0.304. The van der Waals surface area contributed by atoms with Crippen LogP contribution in [0.5, 0.6) is 11.5 Å². The van der Waals surface area contributed by atoms with Gasteiger partial charge in [0.25, 0.3) is 0 Å². The highest BCUT2D eigenvalue weighted by molar-refractivity contribution is 5.79. The van der Waals surface area contributed by atoms with Gasteiger partial charge in [0.2, 0.25) is 0 Å². The maximum atomic E-state index is 13.2. The molecule has 1 atom stereocenters. The van der Waals surface area contributed by atoms with Crippen molar-refractivity contribution in [2.45, 2.75) is 26.1 Å². The van der Waals surface area contributed by atoms with E-state index >= 15 is 0 Å². The number of carbonyl (C=O) groups excluding carboxylic acids is 1. The minimum atomic E-state index is -0.638. The van der Waals surface area contributed by atoms with E-state index in [1.54, 1.807) is 20.3 Å². The molecule has 0 aliphatic carbocycles. The quantitative estimate of drug-likeness (QED) is 0.432. The topological polar surface area (TPSA) is 48.0 Å². The van der Waals surface area contributed by atoms with Crippen molar-refractivity contribution in [3.05, 3.63) is 95.6 Å². The van der Waals surface area contributed by atoms with Gasteiger partial charge in [-0.3, -0.25) is 4.90 Å². The van der Waals surface area contributed by atoms with Crippen molar-refractivity contribution in [3.8, 4) is 11.5 Å². The summed E-state index contributed by atoms with van der Waals surface area (Å²) in [5.41, 5.74) is 2.97. The SMILES string of the molecule is CCOC(=O)C(c1ccc(OC)cc1OC)N(Cc1ccccc1)Cc1ccccc1. The van der Waals surface area contributed by atoms with Crippen molar-refractivity contribution >= 4 is 5.97 Å². The zero-order valence-electron chi connectivity index (χ0n) is 18.3. The van der Waals surface area contributed by atoms with Gasteiger partial charge < -0.3 is 14.2 Å². The van der Waals surface area contributed by atoms with E-state index < -0.39 is 6.04 Å². The van der Waals surface area contributed by atoms with E-state index in [0.29, 0.717) is 31.2 Å². The predicted octanol–water partition coefficient (Wildman–Crippen LogP) is 5.01. The van der Waals surface area contributed by atoms with Crippen LogP contribution in [0.3, 0.4) is 0 Å². The highest BCUT2D eigenvalue weighted by Crippen LogP contribution is 2.35. The van der Waals surface area contributed by atoms with E-state index in [-0.39, 0.29) is 5.97 Å². The lowest BCUT2D eigenvalue weighted by Gasteiger charge is -2.31. The van der Waals surface area contributed by atoms with Gasteiger partial charge in [-0.15, -0.1) is 0 Å². The van der Waals surface area contributed by atoms with Crippen molar-refractivity contribution in [3.63, 3.8) is 0 Å². The lowest BCUT2D eigenvalue weighted by Crippen LogP contribution is -2.35.